The Kier molecular flexibility index (Phi) is 5.69. The fourth-order valence-electron chi connectivity index (χ4n) is 2.19. The molecule has 0 aromatic carbocycles. The average molecular weight is 337 g/mol. The fraction of sp³-hybridized carbons (Fsp3) is 0.583. The molecule has 1 aromatic heterocycles. The molecule has 0 aliphatic carbocycles. The summed E-state index contributed by atoms with van der Waals surface area (Å²) in [7, 11) is 0. The van der Waals surface area contributed by atoms with Crippen LogP contribution in [0.1, 0.15) is 24.3 Å². The van der Waals surface area contributed by atoms with Gasteiger partial charge in [0.15, 0.2) is 0 Å². The molecule has 102 valence electrons. The number of nitrogens with one attached hydrogen (secondary N) is 1. The van der Waals surface area contributed by atoms with Gasteiger partial charge in [0.2, 0.25) is 0 Å². The molecule has 1 aliphatic heterocycles. The predicted molar refractivity (Wildman–Crippen MR) is 78.4 cm³/mol. The number of rotatable bonds is 2. The van der Waals surface area contributed by atoms with E-state index in [1.807, 2.05) is 28.7 Å². The molecule has 1 saturated heterocycles. The van der Waals surface area contributed by atoms with Crippen LogP contribution in [0.15, 0.2) is 16.7 Å². The zero-order valence-corrected chi connectivity index (χ0v) is 13.1. The monoisotopic (exact) mass is 335 g/mol. The summed E-state index contributed by atoms with van der Waals surface area (Å²) in [5.74, 6) is 0.130. The molecular formula is C12H19BrClN3O. The second-order valence-corrected chi connectivity index (χ2v) is 5.35. The van der Waals surface area contributed by atoms with E-state index in [2.05, 4.69) is 28.2 Å². The average Bonchev–Trinajstić information content (AvgIpc) is 2.69. The second kappa shape index (κ2) is 6.59. The third-order valence-corrected chi connectivity index (χ3v) is 3.51. The number of hydrogen-bond donors (Lipinski definition) is 1. The van der Waals surface area contributed by atoms with E-state index in [-0.39, 0.29) is 18.3 Å². The molecule has 18 heavy (non-hydrogen) atoms. The highest BCUT2D eigenvalue weighted by molar-refractivity contribution is 9.10. The standard InChI is InChI=1S/C12H18BrN3O.ClH/c1-3-15-8-10(13)6-11(15)12(17)16-5-4-14-9(2)7-16;/h6,8-9,14H,3-5,7H2,1-2H3;1H. The molecule has 1 fully saturated rings. The topological polar surface area (TPSA) is 37.3 Å². The minimum absolute atomic E-state index is 0. The van der Waals surface area contributed by atoms with Crippen molar-refractivity contribution in [2.24, 2.45) is 0 Å². The van der Waals surface area contributed by atoms with Crippen molar-refractivity contribution in [3.05, 3.63) is 22.4 Å². The van der Waals surface area contributed by atoms with E-state index in [1.165, 1.54) is 0 Å². The van der Waals surface area contributed by atoms with E-state index < -0.39 is 0 Å². The van der Waals surface area contributed by atoms with Crippen molar-refractivity contribution in [3.63, 3.8) is 0 Å². The van der Waals surface area contributed by atoms with Crippen LogP contribution in [0.4, 0.5) is 0 Å². The SMILES string of the molecule is CCn1cc(Br)cc1C(=O)N1CCNC(C)C1.Cl. The van der Waals surface area contributed by atoms with Gasteiger partial charge in [0.25, 0.3) is 5.91 Å². The Labute approximate surface area is 122 Å². The van der Waals surface area contributed by atoms with Gasteiger partial charge in [0.05, 0.1) is 0 Å². The van der Waals surface area contributed by atoms with Crippen LogP contribution in [0.5, 0.6) is 0 Å². The van der Waals surface area contributed by atoms with Gasteiger partial charge >= 0.3 is 0 Å². The molecule has 1 amide bonds. The zero-order valence-electron chi connectivity index (χ0n) is 10.6. The summed E-state index contributed by atoms with van der Waals surface area (Å²) in [6.45, 7) is 7.41. The quantitative estimate of drug-likeness (QED) is 0.898. The molecular weight excluding hydrogens is 318 g/mol. The van der Waals surface area contributed by atoms with Crippen molar-refractivity contribution in [1.29, 1.82) is 0 Å². The summed E-state index contributed by atoms with van der Waals surface area (Å²) in [4.78, 5) is 14.3. The summed E-state index contributed by atoms with van der Waals surface area (Å²) < 4.78 is 2.95. The molecule has 0 radical (unpaired) electrons. The van der Waals surface area contributed by atoms with E-state index in [4.69, 9.17) is 0 Å². The van der Waals surface area contributed by atoms with Gasteiger partial charge < -0.3 is 14.8 Å². The first kappa shape index (κ1) is 15.5. The smallest absolute Gasteiger partial charge is 0.270 e. The fourth-order valence-corrected chi connectivity index (χ4v) is 2.66. The Morgan fingerprint density at radius 2 is 2.33 bits per heavy atom. The van der Waals surface area contributed by atoms with Crippen molar-refractivity contribution in [2.75, 3.05) is 19.6 Å². The van der Waals surface area contributed by atoms with Gasteiger partial charge in [0, 0.05) is 42.9 Å². The maximum Gasteiger partial charge on any atom is 0.270 e. The van der Waals surface area contributed by atoms with Crippen molar-refractivity contribution >= 4 is 34.2 Å². The van der Waals surface area contributed by atoms with E-state index in [1.54, 1.807) is 0 Å². The Hall–Kier alpha value is -0.520. The van der Waals surface area contributed by atoms with Gasteiger partial charge in [-0.1, -0.05) is 0 Å². The summed E-state index contributed by atoms with van der Waals surface area (Å²) >= 11 is 3.42. The predicted octanol–water partition coefficient (Wildman–Crippen LogP) is 2.13. The van der Waals surface area contributed by atoms with Gasteiger partial charge in [-0.3, -0.25) is 4.79 Å². The van der Waals surface area contributed by atoms with Crippen LogP contribution in [0, 0.1) is 0 Å². The van der Waals surface area contributed by atoms with Crippen LogP contribution < -0.4 is 5.32 Å². The molecule has 6 heteroatoms. The summed E-state index contributed by atoms with van der Waals surface area (Å²) in [6.07, 6.45) is 1.96. The number of aromatic nitrogens is 1. The lowest BCUT2D eigenvalue weighted by Gasteiger charge is -2.32. The van der Waals surface area contributed by atoms with Crippen LogP contribution in [0.3, 0.4) is 0 Å². The van der Waals surface area contributed by atoms with Gasteiger partial charge in [0.1, 0.15) is 5.69 Å². The molecule has 1 aliphatic rings. The number of carbonyl (C=O) groups is 1. The van der Waals surface area contributed by atoms with E-state index in [9.17, 15) is 4.79 Å². The number of piperazine rings is 1. The normalized spacial score (nSPS) is 19.5. The first-order chi connectivity index (χ1) is 8.11. The van der Waals surface area contributed by atoms with Crippen LogP contribution in [-0.2, 0) is 6.54 Å². The molecule has 2 rings (SSSR count). The maximum atomic E-state index is 12.4. The summed E-state index contributed by atoms with van der Waals surface area (Å²) in [6, 6.07) is 2.28. The van der Waals surface area contributed by atoms with Crippen molar-refractivity contribution < 1.29 is 4.79 Å². The highest BCUT2D eigenvalue weighted by atomic mass is 79.9. The van der Waals surface area contributed by atoms with Gasteiger partial charge in [-0.05, 0) is 35.8 Å². The molecule has 4 nitrogen and oxygen atoms in total. The van der Waals surface area contributed by atoms with Crippen molar-refractivity contribution in [1.82, 2.24) is 14.8 Å². The molecule has 1 atom stereocenters. The van der Waals surface area contributed by atoms with Crippen LogP contribution >= 0.6 is 28.3 Å². The number of halogens is 2. The van der Waals surface area contributed by atoms with E-state index in [0.29, 0.717) is 6.04 Å². The highest BCUT2D eigenvalue weighted by Gasteiger charge is 2.23. The number of carbonyl (C=O) groups excluding carboxylic acids is 1. The van der Waals surface area contributed by atoms with Gasteiger partial charge in [-0.2, -0.15) is 0 Å². The third-order valence-electron chi connectivity index (χ3n) is 3.08. The number of nitrogens with zero attached hydrogens (tertiary/aromatic N) is 2. The maximum absolute atomic E-state index is 12.4. The Balaban J connectivity index is 0.00000162. The lowest BCUT2D eigenvalue weighted by Crippen LogP contribution is -2.51. The molecule has 1 N–H and O–H groups in total. The lowest BCUT2D eigenvalue weighted by atomic mass is 10.2. The van der Waals surface area contributed by atoms with E-state index in [0.717, 1.165) is 36.3 Å². The first-order valence-electron chi connectivity index (χ1n) is 6.00. The number of aryl methyl sites for hydroxylation is 1. The molecule has 0 spiro atoms. The molecule has 1 aromatic rings. The molecule has 1 unspecified atom stereocenters. The molecule has 0 bridgehead atoms. The Morgan fingerprint density at radius 3 is 2.94 bits per heavy atom. The third kappa shape index (κ3) is 3.28. The summed E-state index contributed by atoms with van der Waals surface area (Å²) in [5, 5.41) is 3.34. The first-order valence-corrected chi connectivity index (χ1v) is 6.79. The Bertz CT molecular complexity index is 421. The van der Waals surface area contributed by atoms with Gasteiger partial charge in [-0.15, -0.1) is 12.4 Å². The van der Waals surface area contributed by atoms with E-state index >= 15 is 0 Å². The zero-order chi connectivity index (χ0) is 12.4. The minimum atomic E-state index is 0. The Morgan fingerprint density at radius 1 is 1.61 bits per heavy atom. The van der Waals surface area contributed by atoms with Gasteiger partial charge in [-0.25, -0.2) is 0 Å². The molecule has 0 saturated carbocycles. The van der Waals surface area contributed by atoms with Crippen LogP contribution in [0.25, 0.3) is 0 Å². The largest absolute Gasteiger partial charge is 0.343 e. The lowest BCUT2D eigenvalue weighted by molar-refractivity contribution is 0.0698. The minimum Gasteiger partial charge on any atom is -0.343 e. The highest BCUT2D eigenvalue weighted by Crippen LogP contribution is 2.17. The van der Waals surface area contributed by atoms with Crippen molar-refractivity contribution in [2.45, 2.75) is 26.4 Å². The summed E-state index contributed by atoms with van der Waals surface area (Å²) in [5.41, 5.74) is 0.772. The van der Waals surface area contributed by atoms with Crippen molar-refractivity contribution in [3.8, 4) is 0 Å². The van der Waals surface area contributed by atoms with Crippen LogP contribution in [-0.4, -0.2) is 41.1 Å². The van der Waals surface area contributed by atoms with Crippen LogP contribution in [0.2, 0.25) is 0 Å². The number of hydrogen-bond acceptors (Lipinski definition) is 2. The number of amides is 1. The second-order valence-electron chi connectivity index (χ2n) is 4.44. The molecule has 2 heterocycles.